The molecule has 1 aliphatic heterocycles. The predicted molar refractivity (Wildman–Crippen MR) is 114 cm³/mol. The summed E-state index contributed by atoms with van der Waals surface area (Å²) < 4.78 is 72.2. The van der Waals surface area contributed by atoms with E-state index in [0.717, 1.165) is 16.4 Å². The molecule has 1 saturated heterocycles. The molecule has 2 N–H and O–H groups in total. The Bertz CT molecular complexity index is 949. The van der Waals surface area contributed by atoms with Crippen molar-refractivity contribution in [3.05, 3.63) is 24.0 Å². The molecule has 13 heteroatoms. The molecule has 0 saturated carbocycles. The summed E-state index contributed by atoms with van der Waals surface area (Å²) >= 11 is 1.45. The number of nitrogens with one attached hydrogen (secondary N) is 2. The van der Waals surface area contributed by atoms with Gasteiger partial charge in [0.15, 0.2) is 0 Å². The number of carbonyl (C=O) groups excluding carboxylic acids is 1. The van der Waals surface area contributed by atoms with Crippen molar-refractivity contribution >= 4 is 43.4 Å². The van der Waals surface area contributed by atoms with Crippen molar-refractivity contribution in [3.63, 3.8) is 0 Å². The van der Waals surface area contributed by atoms with Crippen LogP contribution in [0.15, 0.2) is 23.1 Å². The summed E-state index contributed by atoms with van der Waals surface area (Å²) in [7, 11) is -7.74. The van der Waals surface area contributed by atoms with Gasteiger partial charge in [-0.25, -0.2) is 25.9 Å². The Morgan fingerprint density at radius 3 is 2.53 bits per heavy atom. The van der Waals surface area contributed by atoms with Gasteiger partial charge in [-0.05, 0) is 43.6 Å². The molecule has 1 fully saturated rings. The lowest BCUT2D eigenvalue weighted by Gasteiger charge is -2.26. The van der Waals surface area contributed by atoms with Crippen LogP contribution in [0.25, 0.3) is 0 Å². The van der Waals surface area contributed by atoms with E-state index in [9.17, 15) is 26.0 Å². The van der Waals surface area contributed by atoms with E-state index in [2.05, 4.69) is 10.0 Å². The average molecular weight is 484 g/mol. The Labute approximate surface area is 180 Å². The number of benzene rings is 1. The second kappa shape index (κ2) is 10.9. The fourth-order valence-corrected chi connectivity index (χ4v) is 5.51. The second-order valence-electron chi connectivity index (χ2n) is 6.51. The molecule has 0 spiro atoms. The summed E-state index contributed by atoms with van der Waals surface area (Å²) in [5, 5.41) is 2.49. The standard InChI is InChI=1S/C17H26FN3O6S3/c1-3-29(23,24)20-15(6-11-28-2)17(22)19-13-4-5-14(18)16(12-13)30(25,26)21-7-9-27-10-8-21/h4-5,12,15,20H,3,6-11H2,1-2H3,(H,19,22). The zero-order chi connectivity index (χ0) is 22.4. The number of rotatable bonds is 10. The number of nitrogens with zero attached hydrogens (tertiary/aromatic N) is 1. The maximum absolute atomic E-state index is 14.3. The van der Waals surface area contributed by atoms with Gasteiger partial charge in [0, 0.05) is 18.8 Å². The molecule has 1 amide bonds. The van der Waals surface area contributed by atoms with E-state index >= 15 is 0 Å². The Kier molecular flexibility index (Phi) is 9.06. The molecule has 1 aromatic carbocycles. The van der Waals surface area contributed by atoms with E-state index < -0.39 is 42.7 Å². The largest absolute Gasteiger partial charge is 0.379 e. The van der Waals surface area contributed by atoms with Crippen molar-refractivity contribution in [1.82, 2.24) is 9.03 Å². The van der Waals surface area contributed by atoms with Gasteiger partial charge in [-0.3, -0.25) is 4.79 Å². The molecule has 1 unspecified atom stereocenters. The lowest BCUT2D eigenvalue weighted by molar-refractivity contribution is -0.117. The summed E-state index contributed by atoms with van der Waals surface area (Å²) in [4.78, 5) is 12.1. The molecule has 30 heavy (non-hydrogen) atoms. The molecule has 170 valence electrons. The molecule has 9 nitrogen and oxygen atoms in total. The van der Waals surface area contributed by atoms with Crippen LogP contribution in [0.5, 0.6) is 0 Å². The Morgan fingerprint density at radius 2 is 1.93 bits per heavy atom. The summed E-state index contributed by atoms with van der Waals surface area (Å²) in [6, 6.07) is 2.19. The van der Waals surface area contributed by atoms with Gasteiger partial charge in [0.1, 0.15) is 16.8 Å². The van der Waals surface area contributed by atoms with Crippen molar-refractivity contribution in [1.29, 1.82) is 0 Å². The van der Waals surface area contributed by atoms with Crippen LogP contribution in [0.3, 0.4) is 0 Å². The van der Waals surface area contributed by atoms with Crippen LogP contribution in [-0.2, 0) is 29.6 Å². The molecule has 0 radical (unpaired) electrons. The van der Waals surface area contributed by atoms with Gasteiger partial charge >= 0.3 is 0 Å². The summed E-state index contributed by atoms with van der Waals surface area (Å²) in [5.74, 6) is -1.24. The number of hydrogen-bond donors (Lipinski definition) is 2. The summed E-state index contributed by atoms with van der Waals surface area (Å²) in [6.45, 7) is 2.09. The maximum atomic E-state index is 14.3. The highest BCUT2D eigenvalue weighted by Crippen LogP contribution is 2.24. The van der Waals surface area contributed by atoms with Gasteiger partial charge in [0.2, 0.25) is 26.0 Å². The van der Waals surface area contributed by atoms with Crippen LogP contribution in [0.2, 0.25) is 0 Å². The Hall–Kier alpha value is -1.25. The van der Waals surface area contributed by atoms with Gasteiger partial charge in [-0.15, -0.1) is 0 Å². The van der Waals surface area contributed by atoms with Crippen LogP contribution in [0.4, 0.5) is 10.1 Å². The number of carbonyl (C=O) groups is 1. The fraction of sp³-hybridized carbons (Fsp3) is 0.588. The molecule has 0 aromatic heterocycles. The first-order valence-corrected chi connectivity index (χ1v) is 13.8. The van der Waals surface area contributed by atoms with Gasteiger partial charge in [-0.1, -0.05) is 0 Å². The Balaban J connectivity index is 2.24. The third-order valence-corrected chi connectivity index (χ3v) is 8.38. The number of ether oxygens (including phenoxy) is 1. The molecule has 2 rings (SSSR count). The highest BCUT2D eigenvalue weighted by molar-refractivity contribution is 7.98. The van der Waals surface area contributed by atoms with Crippen LogP contribution < -0.4 is 10.0 Å². The fourth-order valence-electron chi connectivity index (χ4n) is 2.71. The smallest absolute Gasteiger partial charge is 0.246 e. The molecular weight excluding hydrogens is 457 g/mol. The number of anilines is 1. The minimum absolute atomic E-state index is 0.0538. The number of amides is 1. The van der Waals surface area contributed by atoms with Gasteiger partial charge in [-0.2, -0.15) is 16.1 Å². The number of morpholine rings is 1. The lowest BCUT2D eigenvalue weighted by Crippen LogP contribution is -2.44. The average Bonchev–Trinajstić information content (AvgIpc) is 2.72. The molecule has 1 aliphatic rings. The molecule has 1 aromatic rings. The van der Waals surface area contributed by atoms with Gasteiger partial charge in [0.05, 0.1) is 19.0 Å². The zero-order valence-corrected chi connectivity index (χ0v) is 19.2. The van der Waals surface area contributed by atoms with Crippen LogP contribution in [0.1, 0.15) is 13.3 Å². The van der Waals surface area contributed by atoms with Gasteiger partial charge in [0.25, 0.3) is 0 Å². The minimum atomic E-state index is -4.11. The molecule has 0 bridgehead atoms. The van der Waals surface area contributed by atoms with Crippen molar-refractivity contribution in [2.75, 3.05) is 49.4 Å². The van der Waals surface area contributed by atoms with E-state index in [-0.39, 0.29) is 44.2 Å². The van der Waals surface area contributed by atoms with Crippen molar-refractivity contribution in [2.24, 2.45) is 0 Å². The third-order valence-electron chi connectivity index (χ3n) is 4.42. The lowest BCUT2D eigenvalue weighted by atomic mass is 10.2. The predicted octanol–water partition coefficient (Wildman–Crippen LogP) is 0.846. The maximum Gasteiger partial charge on any atom is 0.246 e. The van der Waals surface area contributed by atoms with Crippen molar-refractivity contribution < 1.29 is 30.8 Å². The van der Waals surface area contributed by atoms with Gasteiger partial charge < -0.3 is 10.1 Å². The molecule has 1 atom stereocenters. The first-order valence-electron chi connectivity index (χ1n) is 9.28. The SMILES string of the molecule is CCS(=O)(=O)NC(CCSC)C(=O)Nc1ccc(F)c(S(=O)(=O)N2CCOCC2)c1. The summed E-state index contributed by atoms with van der Waals surface area (Å²) in [5.41, 5.74) is 0.0538. The number of thioether (sulfide) groups is 1. The van der Waals surface area contributed by atoms with E-state index in [0.29, 0.717) is 5.75 Å². The zero-order valence-electron chi connectivity index (χ0n) is 16.8. The monoisotopic (exact) mass is 483 g/mol. The number of sulfonamides is 2. The van der Waals surface area contributed by atoms with E-state index in [1.54, 1.807) is 0 Å². The summed E-state index contributed by atoms with van der Waals surface area (Å²) in [6.07, 6.45) is 2.07. The quantitative estimate of drug-likeness (QED) is 0.506. The first kappa shape index (κ1) is 25.0. The van der Waals surface area contributed by atoms with Crippen molar-refractivity contribution in [3.8, 4) is 0 Å². The first-order chi connectivity index (χ1) is 14.1. The van der Waals surface area contributed by atoms with Crippen LogP contribution in [-0.4, -0.2) is 77.2 Å². The highest BCUT2D eigenvalue weighted by Gasteiger charge is 2.30. The second-order valence-corrected chi connectivity index (χ2v) is 11.4. The number of halogens is 1. The molecular formula is C17H26FN3O6S3. The third kappa shape index (κ3) is 6.62. The highest BCUT2D eigenvalue weighted by atomic mass is 32.2. The van der Waals surface area contributed by atoms with E-state index in [4.69, 9.17) is 4.74 Å². The molecule has 0 aliphatic carbocycles. The van der Waals surface area contributed by atoms with E-state index in [1.165, 1.54) is 24.8 Å². The molecule has 1 heterocycles. The van der Waals surface area contributed by atoms with Crippen LogP contribution in [0, 0.1) is 5.82 Å². The normalized spacial score (nSPS) is 16.9. The van der Waals surface area contributed by atoms with E-state index in [1.807, 2.05) is 6.26 Å². The Morgan fingerprint density at radius 1 is 1.27 bits per heavy atom. The van der Waals surface area contributed by atoms with Crippen molar-refractivity contribution in [2.45, 2.75) is 24.3 Å². The minimum Gasteiger partial charge on any atom is -0.379 e. The van der Waals surface area contributed by atoms with Crippen LogP contribution >= 0.6 is 11.8 Å². The topological polar surface area (TPSA) is 122 Å². The number of hydrogen-bond acceptors (Lipinski definition) is 7.